The van der Waals surface area contributed by atoms with Gasteiger partial charge in [0.05, 0.1) is 22.3 Å². The number of carbonyl (C=O) groups is 1. The van der Waals surface area contributed by atoms with Crippen LogP contribution < -0.4 is 10.2 Å². The number of hydrogen-bond donors (Lipinski definition) is 1. The van der Waals surface area contributed by atoms with Crippen molar-refractivity contribution in [2.24, 2.45) is 5.92 Å². The fourth-order valence-corrected chi connectivity index (χ4v) is 4.06. The van der Waals surface area contributed by atoms with E-state index in [1.165, 1.54) is 0 Å². The molecule has 2 aromatic carbocycles. The molecule has 5 nitrogen and oxygen atoms in total. The summed E-state index contributed by atoms with van der Waals surface area (Å²) >= 11 is 12.2. The number of hydrogen-bond acceptors (Lipinski definition) is 4. The van der Waals surface area contributed by atoms with Crippen molar-refractivity contribution in [1.29, 1.82) is 0 Å². The van der Waals surface area contributed by atoms with Crippen LogP contribution >= 0.6 is 23.2 Å². The predicted molar refractivity (Wildman–Crippen MR) is 122 cm³/mol. The van der Waals surface area contributed by atoms with Crippen molar-refractivity contribution in [2.45, 2.75) is 19.8 Å². The third kappa shape index (κ3) is 4.58. The highest BCUT2D eigenvalue weighted by Crippen LogP contribution is 2.28. The number of aryl methyl sites for hydroxylation is 1. The van der Waals surface area contributed by atoms with Crippen LogP contribution in [0.5, 0.6) is 0 Å². The molecule has 1 N–H and O–H groups in total. The number of amides is 1. The molecule has 154 valence electrons. The van der Waals surface area contributed by atoms with Gasteiger partial charge in [-0.1, -0.05) is 47.5 Å². The smallest absolute Gasteiger partial charge is 0.229 e. The summed E-state index contributed by atoms with van der Waals surface area (Å²) in [5.41, 5.74) is 3.62. The van der Waals surface area contributed by atoms with Gasteiger partial charge < -0.3 is 10.2 Å². The van der Waals surface area contributed by atoms with Gasteiger partial charge in [-0.25, -0.2) is 0 Å². The van der Waals surface area contributed by atoms with Gasteiger partial charge in [-0.2, -0.15) is 0 Å². The number of piperidine rings is 1. The lowest BCUT2D eigenvalue weighted by atomic mass is 9.97. The Bertz CT molecular complexity index is 1060. The second-order valence-corrected chi connectivity index (χ2v) is 8.33. The number of anilines is 2. The minimum Gasteiger partial charge on any atom is -0.354 e. The molecule has 0 radical (unpaired) electrons. The zero-order valence-electron chi connectivity index (χ0n) is 16.6. The van der Waals surface area contributed by atoms with E-state index in [-0.39, 0.29) is 11.8 Å². The van der Waals surface area contributed by atoms with E-state index in [1.807, 2.05) is 30.3 Å². The van der Waals surface area contributed by atoms with Crippen molar-refractivity contribution in [3.05, 3.63) is 70.2 Å². The van der Waals surface area contributed by atoms with Crippen molar-refractivity contribution in [3.8, 4) is 11.3 Å². The first-order valence-electron chi connectivity index (χ1n) is 9.92. The largest absolute Gasteiger partial charge is 0.354 e. The van der Waals surface area contributed by atoms with E-state index < -0.39 is 0 Å². The molecule has 1 fully saturated rings. The van der Waals surface area contributed by atoms with Crippen LogP contribution in [0, 0.1) is 12.8 Å². The van der Waals surface area contributed by atoms with Crippen LogP contribution in [-0.4, -0.2) is 29.2 Å². The van der Waals surface area contributed by atoms with Crippen LogP contribution in [0.25, 0.3) is 11.3 Å². The summed E-state index contributed by atoms with van der Waals surface area (Å²) in [5.74, 6) is 0.561. The first-order valence-corrected chi connectivity index (χ1v) is 10.7. The van der Waals surface area contributed by atoms with Crippen LogP contribution in [-0.2, 0) is 4.79 Å². The maximum absolute atomic E-state index is 12.8. The molecule has 7 heteroatoms. The minimum atomic E-state index is -0.161. The summed E-state index contributed by atoms with van der Waals surface area (Å²) in [6.07, 6.45) is 1.72. The Morgan fingerprint density at radius 3 is 2.70 bits per heavy atom. The Labute approximate surface area is 186 Å². The summed E-state index contributed by atoms with van der Waals surface area (Å²) in [7, 11) is 0. The van der Waals surface area contributed by atoms with Crippen LogP contribution in [0.15, 0.2) is 54.6 Å². The summed E-state index contributed by atoms with van der Waals surface area (Å²) in [5, 5.41) is 12.8. The minimum absolute atomic E-state index is 0.0617. The molecule has 1 aliphatic rings. The fraction of sp³-hybridized carbons (Fsp3) is 0.261. The summed E-state index contributed by atoms with van der Waals surface area (Å²) in [6, 6.07) is 17.1. The first kappa shape index (κ1) is 20.6. The molecule has 0 bridgehead atoms. The van der Waals surface area contributed by atoms with Crippen LogP contribution in [0.2, 0.25) is 10.0 Å². The van der Waals surface area contributed by atoms with Crippen molar-refractivity contribution < 1.29 is 4.79 Å². The van der Waals surface area contributed by atoms with Gasteiger partial charge >= 0.3 is 0 Å². The third-order valence-corrected chi connectivity index (χ3v) is 5.94. The number of aromatic nitrogens is 2. The Kier molecular flexibility index (Phi) is 6.21. The number of rotatable bonds is 4. The topological polar surface area (TPSA) is 58.1 Å². The monoisotopic (exact) mass is 440 g/mol. The molecule has 1 aliphatic heterocycles. The van der Waals surface area contributed by atoms with E-state index >= 15 is 0 Å². The van der Waals surface area contributed by atoms with Gasteiger partial charge in [-0.3, -0.25) is 4.79 Å². The fourth-order valence-electron chi connectivity index (χ4n) is 3.73. The Morgan fingerprint density at radius 1 is 1.10 bits per heavy atom. The van der Waals surface area contributed by atoms with Crippen molar-refractivity contribution in [3.63, 3.8) is 0 Å². The number of carbonyl (C=O) groups excluding carboxylic acids is 1. The third-order valence-electron chi connectivity index (χ3n) is 5.37. The maximum atomic E-state index is 12.8. The number of halogens is 2. The molecule has 0 spiro atoms. The van der Waals surface area contributed by atoms with E-state index in [4.69, 9.17) is 23.2 Å². The van der Waals surface area contributed by atoms with Crippen molar-refractivity contribution in [1.82, 2.24) is 10.2 Å². The Hall–Kier alpha value is -2.63. The second kappa shape index (κ2) is 9.02. The van der Waals surface area contributed by atoms with Gasteiger partial charge in [0, 0.05) is 23.7 Å². The van der Waals surface area contributed by atoms with Gasteiger partial charge in [0.15, 0.2) is 5.82 Å². The molecule has 1 atom stereocenters. The molecular formula is C23H22Cl2N4O. The molecule has 0 saturated carbocycles. The molecule has 30 heavy (non-hydrogen) atoms. The molecule has 3 aromatic rings. The van der Waals surface area contributed by atoms with E-state index in [0.717, 1.165) is 42.0 Å². The van der Waals surface area contributed by atoms with E-state index in [2.05, 4.69) is 33.4 Å². The standard InChI is InChI=1S/C23H22Cl2N4O/c1-15-5-2-3-7-18(15)20-10-11-22(28-27-20)29-12-4-6-16(14-29)23(30)26-21-13-17(24)8-9-19(21)25/h2-3,5,7-11,13,16H,4,6,12,14H2,1H3,(H,26,30). The van der Waals surface area contributed by atoms with Gasteiger partial charge in [0.2, 0.25) is 5.91 Å². The summed E-state index contributed by atoms with van der Waals surface area (Å²) in [6.45, 7) is 3.49. The molecule has 1 amide bonds. The predicted octanol–water partition coefficient (Wildman–Crippen LogP) is 5.61. The molecule has 1 saturated heterocycles. The van der Waals surface area contributed by atoms with E-state index in [1.54, 1.807) is 18.2 Å². The lowest BCUT2D eigenvalue weighted by Gasteiger charge is -2.32. The lowest BCUT2D eigenvalue weighted by molar-refractivity contribution is -0.120. The van der Waals surface area contributed by atoms with Crippen molar-refractivity contribution >= 4 is 40.6 Å². The first-order chi connectivity index (χ1) is 14.5. The zero-order valence-corrected chi connectivity index (χ0v) is 18.1. The average Bonchev–Trinajstić information content (AvgIpc) is 2.77. The lowest BCUT2D eigenvalue weighted by Crippen LogP contribution is -2.41. The molecular weight excluding hydrogens is 419 g/mol. The van der Waals surface area contributed by atoms with Gasteiger partial charge in [0.25, 0.3) is 0 Å². The molecule has 0 aliphatic carbocycles. The van der Waals surface area contributed by atoms with Gasteiger partial charge in [-0.15, -0.1) is 10.2 Å². The Morgan fingerprint density at radius 2 is 1.93 bits per heavy atom. The number of benzene rings is 2. The summed E-state index contributed by atoms with van der Waals surface area (Å²) < 4.78 is 0. The van der Waals surface area contributed by atoms with Gasteiger partial charge in [-0.05, 0) is 55.7 Å². The van der Waals surface area contributed by atoms with Crippen LogP contribution in [0.4, 0.5) is 11.5 Å². The van der Waals surface area contributed by atoms with Crippen LogP contribution in [0.3, 0.4) is 0 Å². The Balaban J connectivity index is 1.45. The molecule has 4 rings (SSSR count). The average molecular weight is 441 g/mol. The molecule has 1 aromatic heterocycles. The molecule has 1 unspecified atom stereocenters. The number of nitrogens with zero attached hydrogens (tertiary/aromatic N) is 3. The van der Waals surface area contributed by atoms with E-state index in [0.29, 0.717) is 22.3 Å². The van der Waals surface area contributed by atoms with Gasteiger partial charge in [0.1, 0.15) is 0 Å². The normalized spacial score (nSPS) is 16.4. The SMILES string of the molecule is Cc1ccccc1-c1ccc(N2CCCC(C(=O)Nc3cc(Cl)ccc3Cl)C2)nn1. The number of nitrogens with one attached hydrogen (secondary N) is 1. The highest BCUT2D eigenvalue weighted by molar-refractivity contribution is 6.35. The summed E-state index contributed by atoms with van der Waals surface area (Å²) in [4.78, 5) is 14.9. The van der Waals surface area contributed by atoms with E-state index in [9.17, 15) is 4.79 Å². The maximum Gasteiger partial charge on any atom is 0.229 e. The second-order valence-electron chi connectivity index (χ2n) is 7.49. The quantitative estimate of drug-likeness (QED) is 0.572. The van der Waals surface area contributed by atoms with Crippen LogP contribution in [0.1, 0.15) is 18.4 Å². The van der Waals surface area contributed by atoms with Crippen molar-refractivity contribution in [2.75, 3.05) is 23.3 Å². The highest BCUT2D eigenvalue weighted by atomic mass is 35.5. The highest BCUT2D eigenvalue weighted by Gasteiger charge is 2.27. The molecule has 2 heterocycles. The zero-order chi connectivity index (χ0) is 21.1.